The third-order valence-electron chi connectivity index (χ3n) is 5.77. The van der Waals surface area contributed by atoms with Crippen molar-refractivity contribution in [2.75, 3.05) is 31.1 Å². The summed E-state index contributed by atoms with van der Waals surface area (Å²) in [5.41, 5.74) is 2.21. The van der Waals surface area contributed by atoms with Crippen LogP contribution in [-0.4, -0.2) is 51.1 Å². The Kier molecular flexibility index (Phi) is 8.46. The molecular formula is C23H25BrCl2N6S. The molecule has 0 aliphatic carbocycles. The number of aromatic amines is 1. The molecule has 3 heterocycles. The van der Waals surface area contributed by atoms with Gasteiger partial charge in [0, 0.05) is 55.5 Å². The lowest BCUT2D eigenvalue weighted by Crippen LogP contribution is -2.46. The summed E-state index contributed by atoms with van der Waals surface area (Å²) in [6, 6.07) is 9.71. The fourth-order valence-electron chi connectivity index (χ4n) is 3.97. The molecule has 0 saturated carbocycles. The van der Waals surface area contributed by atoms with E-state index in [0.717, 1.165) is 59.1 Å². The Balaban J connectivity index is 1.33. The quantitative estimate of drug-likeness (QED) is 0.361. The van der Waals surface area contributed by atoms with E-state index in [1.54, 1.807) is 12.5 Å². The number of pyridine rings is 1. The van der Waals surface area contributed by atoms with Crippen molar-refractivity contribution < 1.29 is 0 Å². The number of benzene rings is 1. The van der Waals surface area contributed by atoms with Gasteiger partial charge in [0.2, 0.25) is 0 Å². The summed E-state index contributed by atoms with van der Waals surface area (Å²) < 4.78 is 0.943. The second kappa shape index (κ2) is 11.5. The highest BCUT2D eigenvalue weighted by Crippen LogP contribution is 2.26. The topological polar surface area (TPSA) is 60.1 Å². The molecule has 0 atom stereocenters. The zero-order valence-electron chi connectivity index (χ0n) is 18.0. The largest absolute Gasteiger partial charge is 0.361 e. The molecule has 1 aliphatic heterocycles. The van der Waals surface area contributed by atoms with E-state index in [2.05, 4.69) is 46.0 Å². The van der Waals surface area contributed by atoms with Gasteiger partial charge in [0.05, 0.1) is 22.1 Å². The maximum absolute atomic E-state index is 6.23. The third-order valence-corrected chi connectivity index (χ3v) is 7.38. The summed E-state index contributed by atoms with van der Waals surface area (Å²) in [5.74, 6) is 1.39. The van der Waals surface area contributed by atoms with Gasteiger partial charge in [0.25, 0.3) is 0 Å². The van der Waals surface area contributed by atoms with Gasteiger partial charge in [0.15, 0.2) is 5.11 Å². The number of hydrogen-bond donors (Lipinski definition) is 2. The molecule has 2 aromatic heterocycles. The average Bonchev–Trinajstić information content (AvgIpc) is 3.36. The highest BCUT2D eigenvalue weighted by molar-refractivity contribution is 9.10. The first kappa shape index (κ1) is 24.3. The fraction of sp³-hybridized carbons (Fsp3) is 0.348. The number of rotatable bonds is 7. The number of likely N-dealkylation sites (tertiary alicyclic amines) is 1. The van der Waals surface area contributed by atoms with Gasteiger partial charge in [-0.15, -0.1) is 0 Å². The molecule has 0 radical (unpaired) electrons. The molecule has 33 heavy (non-hydrogen) atoms. The van der Waals surface area contributed by atoms with Crippen molar-refractivity contribution in [2.45, 2.75) is 25.3 Å². The van der Waals surface area contributed by atoms with Crippen molar-refractivity contribution in [1.29, 1.82) is 0 Å². The minimum atomic E-state index is 0.500. The van der Waals surface area contributed by atoms with Crippen LogP contribution in [0.2, 0.25) is 10.0 Å². The molecule has 2 N–H and O–H groups in total. The van der Waals surface area contributed by atoms with Crippen molar-refractivity contribution >= 4 is 62.3 Å². The van der Waals surface area contributed by atoms with Crippen LogP contribution in [0.1, 0.15) is 30.0 Å². The summed E-state index contributed by atoms with van der Waals surface area (Å²) >= 11 is 21.4. The SMILES string of the molecule is S=C(NCCN(Cc1ccc(Cl)c(Cl)c1)c1ccc(Br)cn1)N1CCC(c2c[nH]cn2)CC1. The summed E-state index contributed by atoms with van der Waals surface area (Å²) in [6.45, 7) is 3.97. The average molecular weight is 568 g/mol. The van der Waals surface area contributed by atoms with E-state index in [1.165, 1.54) is 0 Å². The van der Waals surface area contributed by atoms with Gasteiger partial charge in [0.1, 0.15) is 5.82 Å². The maximum Gasteiger partial charge on any atom is 0.168 e. The van der Waals surface area contributed by atoms with Gasteiger partial charge in [-0.25, -0.2) is 9.97 Å². The number of imidazole rings is 1. The van der Waals surface area contributed by atoms with Gasteiger partial charge in [-0.1, -0.05) is 29.3 Å². The van der Waals surface area contributed by atoms with Crippen LogP contribution in [0, 0.1) is 0 Å². The Morgan fingerprint density at radius 1 is 1.18 bits per heavy atom. The van der Waals surface area contributed by atoms with Crippen LogP contribution >= 0.6 is 51.3 Å². The molecule has 0 spiro atoms. The molecule has 174 valence electrons. The van der Waals surface area contributed by atoms with E-state index in [9.17, 15) is 0 Å². The lowest BCUT2D eigenvalue weighted by molar-refractivity contribution is 0.307. The summed E-state index contributed by atoms with van der Waals surface area (Å²) in [5, 5.41) is 5.33. The molecule has 0 amide bonds. The summed E-state index contributed by atoms with van der Waals surface area (Å²) in [7, 11) is 0. The molecular weight excluding hydrogens is 543 g/mol. The molecule has 3 aromatic rings. The van der Waals surface area contributed by atoms with Gasteiger partial charge >= 0.3 is 0 Å². The van der Waals surface area contributed by atoms with Crippen molar-refractivity contribution in [3.05, 3.63) is 74.8 Å². The van der Waals surface area contributed by atoms with Crippen molar-refractivity contribution in [2.24, 2.45) is 0 Å². The standard InChI is InChI=1S/C23H25BrCl2N6S/c24-18-2-4-22(29-12-18)32(14-16-1-3-19(25)20(26)11-16)10-7-28-23(33)31-8-5-17(6-9-31)21-13-27-15-30-21/h1-4,11-13,15,17H,5-10,14H2,(H,27,30)(H,28,33). The van der Waals surface area contributed by atoms with Crippen LogP contribution in [0.15, 0.2) is 53.5 Å². The number of aromatic nitrogens is 3. The van der Waals surface area contributed by atoms with Gasteiger partial charge in [-0.3, -0.25) is 0 Å². The molecule has 1 aliphatic rings. The number of thiocarbonyl (C=S) groups is 1. The van der Waals surface area contributed by atoms with E-state index < -0.39 is 0 Å². The van der Waals surface area contributed by atoms with Crippen LogP contribution in [0.4, 0.5) is 5.82 Å². The third kappa shape index (κ3) is 6.59. The lowest BCUT2D eigenvalue weighted by Gasteiger charge is -2.33. The van der Waals surface area contributed by atoms with Crippen LogP contribution < -0.4 is 10.2 Å². The van der Waals surface area contributed by atoms with E-state index in [4.69, 9.17) is 35.4 Å². The molecule has 10 heteroatoms. The first-order valence-corrected chi connectivity index (χ1v) is 12.8. The maximum atomic E-state index is 6.23. The number of nitrogens with zero attached hydrogens (tertiary/aromatic N) is 4. The Labute approximate surface area is 217 Å². The Morgan fingerprint density at radius 2 is 2.00 bits per heavy atom. The molecule has 1 fully saturated rings. The molecule has 4 rings (SSSR count). The van der Waals surface area contributed by atoms with Crippen molar-refractivity contribution in [3.8, 4) is 0 Å². The fourth-order valence-corrected chi connectivity index (χ4v) is 4.81. The predicted octanol–water partition coefficient (Wildman–Crippen LogP) is 5.63. The molecule has 0 bridgehead atoms. The van der Waals surface area contributed by atoms with Crippen LogP contribution in [-0.2, 0) is 6.54 Å². The number of hydrogen-bond acceptors (Lipinski definition) is 4. The number of piperidine rings is 1. The minimum Gasteiger partial charge on any atom is -0.361 e. The van der Waals surface area contributed by atoms with Gasteiger partial charge in [-0.2, -0.15) is 0 Å². The Bertz CT molecular complexity index is 1060. The molecule has 6 nitrogen and oxygen atoms in total. The highest BCUT2D eigenvalue weighted by atomic mass is 79.9. The van der Waals surface area contributed by atoms with Crippen LogP contribution in [0.5, 0.6) is 0 Å². The number of halogens is 3. The highest BCUT2D eigenvalue weighted by Gasteiger charge is 2.23. The molecule has 0 unspecified atom stereocenters. The second-order valence-corrected chi connectivity index (χ2v) is 10.1. The molecule has 1 aromatic carbocycles. The number of nitrogens with one attached hydrogen (secondary N) is 2. The van der Waals surface area contributed by atoms with Crippen molar-refractivity contribution in [1.82, 2.24) is 25.2 Å². The minimum absolute atomic E-state index is 0.500. The Hall–Kier alpha value is -1.87. The van der Waals surface area contributed by atoms with Crippen molar-refractivity contribution in [3.63, 3.8) is 0 Å². The summed E-state index contributed by atoms with van der Waals surface area (Å²) in [4.78, 5) is 16.5. The normalized spacial score (nSPS) is 14.3. The van der Waals surface area contributed by atoms with Gasteiger partial charge < -0.3 is 20.1 Å². The van der Waals surface area contributed by atoms with Crippen LogP contribution in [0.3, 0.4) is 0 Å². The lowest BCUT2D eigenvalue weighted by atomic mass is 9.94. The van der Waals surface area contributed by atoms with E-state index in [1.807, 2.05) is 36.5 Å². The van der Waals surface area contributed by atoms with Crippen LogP contribution in [0.25, 0.3) is 0 Å². The van der Waals surface area contributed by atoms with E-state index in [-0.39, 0.29) is 0 Å². The summed E-state index contributed by atoms with van der Waals surface area (Å²) in [6.07, 6.45) is 7.66. The Morgan fingerprint density at radius 3 is 2.67 bits per heavy atom. The molecule has 1 saturated heterocycles. The smallest absolute Gasteiger partial charge is 0.168 e. The number of H-pyrrole nitrogens is 1. The first-order chi connectivity index (χ1) is 16.0. The second-order valence-electron chi connectivity index (χ2n) is 7.99. The monoisotopic (exact) mass is 566 g/mol. The first-order valence-electron chi connectivity index (χ1n) is 10.8. The van der Waals surface area contributed by atoms with E-state index >= 15 is 0 Å². The predicted molar refractivity (Wildman–Crippen MR) is 142 cm³/mol. The van der Waals surface area contributed by atoms with Gasteiger partial charge in [-0.05, 0) is 70.8 Å². The number of anilines is 1. The van der Waals surface area contributed by atoms with E-state index in [0.29, 0.717) is 29.1 Å². The zero-order valence-corrected chi connectivity index (χ0v) is 21.9. The zero-order chi connectivity index (χ0) is 23.2.